The lowest BCUT2D eigenvalue weighted by molar-refractivity contribution is -0.122. The van der Waals surface area contributed by atoms with Crippen LogP contribution in [0, 0.1) is 0 Å². The van der Waals surface area contributed by atoms with Crippen LogP contribution < -0.4 is 10.1 Å². The Morgan fingerprint density at radius 3 is 2.85 bits per heavy atom. The number of carbonyl (C=O) groups excluding carboxylic acids is 1. The molecule has 20 heavy (non-hydrogen) atoms. The monoisotopic (exact) mass is 310 g/mol. The van der Waals surface area contributed by atoms with Crippen LogP contribution in [0.1, 0.15) is 18.9 Å². The number of rotatable bonds is 4. The quantitative estimate of drug-likeness (QED) is 0.686. The van der Waals surface area contributed by atoms with E-state index < -0.39 is 0 Å². The molecular formula is C14H15ClN2O2S. The van der Waals surface area contributed by atoms with Crippen molar-refractivity contribution < 1.29 is 9.53 Å². The molecule has 4 nitrogen and oxygen atoms in total. The number of amides is 1. The molecule has 0 unspecified atom stereocenters. The molecule has 1 saturated heterocycles. The Labute approximate surface area is 128 Å². The highest BCUT2D eigenvalue weighted by Gasteiger charge is 2.29. The Balaban J connectivity index is 2.26. The van der Waals surface area contributed by atoms with Gasteiger partial charge in [0.15, 0.2) is 5.11 Å². The summed E-state index contributed by atoms with van der Waals surface area (Å²) >= 11 is 11.2. The lowest BCUT2D eigenvalue weighted by atomic mass is 10.2. The van der Waals surface area contributed by atoms with Gasteiger partial charge in [-0.1, -0.05) is 24.6 Å². The summed E-state index contributed by atoms with van der Waals surface area (Å²) in [7, 11) is 1.56. The summed E-state index contributed by atoms with van der Waals surface area (Å²) in [4.78, 5) is 13.7. The van der Waals surface area contributed by atoms with E-state index in [2.05, 4.69) is 5.32 Å². The van der Waals surface area contributed by atoms with Crippen molar-refractivity contribution in [2.45, 2.75) is 13.3 Å². The van der Waals surface area contributed by atoms with Gasteiger partial charge in [-0.3, -0.25) is 9.69 Å². The number of hydrogen-bond donors (Lipinski definition) is 1. The average Bonchev–Trinajstić information content (AvgIpc) is 2.67. The zero-order valence-corrected chi connectivity index (χ0v) is 12.8. The van der Waals surface area contributed by atoms with E-state index in [1.165, 1.54) is 0 Å². The van der Waals surface area contributed by atoms with E-state index in [9.17, 15) is 4.79 Å². The summed E-state index contributed by atoms with van der Waals surface area (Å²) in [5.74, 6) is 0.492. The van der Waals surface area contributed by atoms with Crippen molar-refractivity contribution in [3.8, 4) is 5.75 Å². The summed E-state index contributed by atoms with van der Waals surface area (Å²) < 4.78 is 5.09. The Kier molecular flexibility index (Phi) is 4.62. The normalized spacial score (nSPS) is 16.8. The van der Waals surface area contributed by atoms with Gasteiger partial charge in [-0.25, -0.2) is 0 Å². The molecule has 0 atom stereocenters. The van der Waals surface area contributed by atoms with Crippen LogP contribution in [0.2, 0.25) is 5.02 Å². The van der Waals surface area contributed by atoms with E-state index in [0.717, 1.165) is 12.0 Å². The van der Waals surface area contributed by atoms with E-state index >= 15 is 0 Å². The highest BCUT2D eigenvalue weighted by atomic mass is 35.5. The molecular weight excluding hydrogens is 296 g/mol. The third-order valence-corrected chi connectivity index (χ3v) is 3.51. The molecule has 0 radical (unpaired) electrons. The summed E-state index contributed by atoms with van der Waals surface area (Å²) in [5.41, 5.74) is 1.28. The van der Waals surface area contributed by atoms with Crippen LogP contribution in [-0.2, 0) is 4.79 Å². The first-order valence-electron chi connectivity index (χ1n) is 6.25. The van der Waals surface area contributed by atoms with E-state index in [0.29, 0.717) is 28.1 Å². The van der Waals surface area contributed by atoms with Gasteiger partial charge in [-0.2, -0.15) is 0 Å². The van der Waals surface area contributed by atoms with Crippen molar-refractivity contribution in [3.63, 3.8) is 0 Å². The minimum Gasteiger partial charge on any atom is -0.495 e. The summed E-state index contributed by atoms with van der Waals surface area (Å²) in [6.07, 6.45) is 2.59. The van der Waals surface area contributed by atoms with Crippen molar-refractivity contribution in [1.82, 2.24) is 10.2 Å². The first kappa shape index (κ1) is 14.8. The number of hydrogen-bond acceptors (Lipinski definition) is 3. The number of nitrogens with one attached hydrogen (secondary N) is 1. The molecule has 1 aliphatic rings. The number of benzene rings is 1. The molecule has 1 fully saturated rings. The van der Waals surface area contributed by atoms with Crippen LogP contribution in [0.25, 0.3) is 6.08 Å². The van der Waals surface area contributed by atoms with Gasteiger partial charge < -0.3 is 10.1 Å². The molecule has 1 heterocycles. The van der Waals surface area contributed by atoms with E-state index in [1.54, 1.807) is 30.2 Å². The molecule has 0 saturated carbocycles. The SMILES string of the molecule is CCCN1C(=O)/C(=C/c2ccc(OC)c(Cl)c2)NC1=S. The van der Waals surface area contributed by atoms with Crippen molar-refractivity contribution in [2.24, 2.45) is 0 Å². The molecule has 1 N–H and O–H groups in total. The van der Waals surface area contributed by atoms with Gasteiger partial charge >= 0.3 is 0 Å². The number of nitrogens with zero attached hydrogens (tertiary/aromatic N) is 1. The molecule has 2 rings (SSSR count). The van der Waals surface area contributed by atoms with Crippen LogP contribution >= 0.6 is 23.8 Å². The second-order valence-electron chi connectivity index (χ2n) is 4.34. The maximum atomic E-state index is 12.2. The van der Waals surface area contributed by atoms with Gasteiger partial charge in [-0.15, -0.1) is 0 Å². The molecule has 1 amide bonds. The van der Waals surface area contributed by atoms with Crippen LogP contribution in [0.15, 0.2) is 23.9 Å². The topological polar surface area (TPSA) is 41.6 Å². The number of ether oxygens (including phenoxy) is 1. The van der Waals surface area contributed by atoms with Gasteiger partial charge in [0, 0.05) is 6.54 Å². The molecule has 0 spiro atoms. The fourth-order valence-corrected chi connectivity index (χ4v) is 2.49. The maximum absolute atomic E-state index is 12.2. The standard InChI is InChI=1S/C14H15ClN2O2S/c1-3-6-17-13(18)11(16-14(17)20)8-9-4-5-12(19-2)10(15)7-9/h4-5,7-8H,3,6H2,1-2H3,(H,16,20)/b11-8-. The third kappa shape index (κ3) is 2.94. The van der Waals surface area contributed by atoms with Gasteiger partial charge in [0.2, 0.25) is 0 Å². The molecule has 1 aromatic rings. The minimum atomic E-state index is -0.108. The van der Waals surface area contributed by atoms with Crippen LogP contribution in [-0.4, -0.2) is 29.6 Å². The lowest BCUT2D eigenvalue weighted by Gasteiger charge is -2.11. The van der Waals surface area contributed by atoms with Gasteiger partial charge in [-0.05, 0) is 42.4 Å². The second kappa shape index (κ2) is 6.24. The summed E-state index contributed by atoms with van der Waals surface area (Å²) in [5, 5.41) is 3.88. The van der Waals surface area contributed by atoms with Crippen molar-refractivity contribution in [3.05, 3.63) is 34.5 Å². The summed E-state index contributed by atoms with van der Waals surface area (Å²) in [6.45, 7) is 2.62. The zero-order valence-electron chi connectivity index (χ0n) is 11.3. The smallest absolute Gasteiger partial charge is 0.276 e. The highest BCUT2D eigenvalue weighted by Crippen LogP contribution is 2.26. The molecule has 106 valence electrons. The first-order chi connectivity index (χ1) is 9.56. The fraction of sp³-hybridized carbons (Fsp3) is 0.286. The predicted octanol–water partition coefficient (Wildman–Crippen LogP) is 2.82. The van der Waals surface area contributed by atoms with E-state index in [4.69, 9.17) is 28.6 Å². The number of carbonyl (C=O) groups is 1. The molecule has 1 aromatic carbocycles. The zero-order chi connectivity index (χ0) is 14.7. The van der Waals surface area contributed by atoms with E-state index in [1.807, 2.05) is 13.0 Å². The van der Waals surface area contributed by atoms with Crippen molar-refractivity contribution >= 4 is 40.9 Å². The van der Waals surface area contributed by atoms with Gasteiger partial charge in [0.25, 0.3) is 5.91 Å². The van der Waals surface area contributed by atoms with Crippen LogP contribution in [0.5, 0.6) is 5.75 Å². The largest absolute Gasteiger partial charge is 0.495 e. The highest BCUT2D eigenvalue weighted by molar-refractivity contribution is 7.80. The minimum absolute atomic E-state index is 0.108. The maximum Gasteiger partial charge on any atom is 0.276 e. The fourth-order valence-electron chi connectivity index (χ4n) is 1.94. The number of methoxy groups -OCH3 is 1. The van der Waals surface area contributed by atoms with E-state index in [-0.39, 0.29) is 5.91 Å². The van der Waals surface area contributed by atoms with Gasteiger partial charge in [0.05, 0.1) is 12.1 Å². The molecule has 6 heteroatoms. The molecule has 0 bridgehead atoms. The summed E-state index contributed by atoms with van der Waals surface area (Å²) in [6, 6.07) is 5.34. The Bertz CT molecular complexity index is 587. The van der Waals surface area contributed by atoms with Crippen LogP contribution in [0.3, 0.4) is 0 Å². The van der Waals surface area contributed by atoms with Crippen LogP contribution in [0.4, 0.5) is 0 Å². The van der Waals surface area contributed by atoms with Gasteiger partial charge in [0.1, 0.15) is 11.4 Å². The van der Waals surface area contributed by atoms with Crippen molar-refractivity contribution in [2.75, 3.05) is 13.7 Å². The first-order valence-corrected chi connectivity index (χ1v) is 7.03. The van der Waals surface area contributed by atoms with Crippen molar-refractivity contribution in [1.29, 1.82) is 0 Å². The molecule has 0 aliphatic carbocycles. The Morgan fingerprint density at radius 2 is 2.25 bits per heavy atom. The number of thiocarbonyl (C=S) groups is 1. The molecule has 1 aliphatic heterocycles. The Morgan fingerprint density at radius 1 is 1.50 bits per heavy atom. The number of halogens is 1. The average molecular weight is 311 g/mol. The second-order valence-corrected chi connectivity index (χ2v) is 5.13. The third-order valence-electron chi connectivity index (χ3n) is 2.90. The molecule has 0 aromatic heterocycles. The predicted molar refractivity (Wildman–Crippen MR) is 83.7 cm³/mol. The lowest BCUT2D eigenvalue weighted by Crippen LogP contribution is -2.31. The Hall–Kier alpha value is -1.59.